The average Bonchev–Trinajstić information content (AvgIpc) is 2.21. The maximum Gasteiger partial charge on any atom is 0.135 e. The number of allylic oxidation sites excluding steroid dienone is 3. The van der Waals surface area contributed by atoms with Crippen LogP contribution >= 0.6 is 0 Å². The van der Waals surface area contributed by atoms with Crippen LogP contribution in [0.1, 0.15) is 18.1 Å². The van der Waals surface area contributed by atoms with Gasteiger partial charge in [0.2, 0.25) is 0 Å². The molecule has 0 spiro atoms. The molecule has 0 aliphatic carbocycles. The molecule has 0 radical (unpaired) electrons. The summed E-state index contributed by atoms with van der Waals surface area (Å²) in [6, 6.07) is 4.91. The van der Waals surface area contributed by atoms with E-state index in [1.54, 1.807) is 18.2 Å². The number of rotatable bonds is 3. The summed E-state index contributed by atoms with van der Waals surface area (Å²) in [5.74, 6) is -0.360. The number of benzene rings is 1. The van der Waals surface area contributed by atoms with Crippen LogP contribution in [0.4, 0.5) is 4.39 Å². The SMILES string of the molecule is C=C/C(=C(\C)O)c1cccc(CN)c1F. The monoisotopic (exact) mass is 207 g/mol. The molecule has 1 rings (SSSR count). The van der Waals surface area contributed by atoms with Crippen LogP contribution in [0.3, 0.4) is 0 Å². The fourth-order valence-corrected chi connectivity index (χ4v) is 1.40. The highest BCUT2D eigenvalue weighted by atomic mass is 19.1. The first-order valence-corrected chi connectivity index (χ1v) is 4.62. The van der Waals surface area contributed by atoms with Gasteiger partial charge in [0, 0.05) is 23.2 Å². The topological polar surface area (TPSA) is 46.2 Å². The van der Waals surface area contributed by atoms with E-state index < -0.39 is 5.82 Å². The van der Waals surface area contributed by atoms with Crippen molar-refractivity contribution in [2.24, 2.45) is 5.73 Å². The van der Waals surface area contributed by atoms with Crippen molar-refractivity contribution in [1.29, 1.82) is 0 Å². The summed E-state index contributed by atoms with van der Waals surface area (Å²) >= 11 is 0. The molecule has 0 atom stereocenters. The van der Waals surface area contributed by atoms with Crippen LogP contribution in [-0.2, 0) is 6.54 Å². The molecule has 15 heavy (non-hydrogen) atoms. The van der Waals surface area contributed by atoms with Gasteiger partial charge in [0.25, 0.3) is 0 Å². The Hall–Kier alpha value is -1.61. The van der Waals surface area contributed by atoms with Gasteiger partial charge in [-0.3, -0.25) is 0 Å². The van der Waals surface area contributed by atoms with Crippen LogP contribution in [0.2, 0.25) is 0 Å². The molecule has 0 fully saturated rings. The lowest BCUT2D eigenvalue weighted by molar-refractivity contribution is 0.417. The normalized spacial score (nSPS) is 12.2. The second kappa shape index (κ2) is 4.75. The van der Waals surface area contributed by atoms with E-state index in [0.717, 1.165) is 0 Å². The molecule has 3 heteroatoms. The van der Waals surface area contributed by atoms with Crippen molar-refractivity contribution < 1.29 is 9.50 Å². The van der Waals surface area contributed by atoms with Crippen LogP contribution in [0, 0.1) is 5.82 Å². The minimum atomic E-state index is -0.400. The van der Waals surface area contributed by atoms with Crippen LogP contribution in [-0.4, -0.2) is 5.11 Å². The summed E-state index contributed by atoms with van der Waals surface area (Å²) < 4.78 is 13.8. The molecule has 3 N–H and O–H groups in total. The molecule has 0 aliphatic heterocycles. The van der Waals surface area contributed by atoms with E-state index in [1.807, 2.05) is 0 Å². The average molecular weight is 207 g/mol. The van der Waals surface area contributed by atoms with E-state index in [2.05, 4.69) is 6.58 Å². The molecule has 0 saturated carbocycles. The van der Waals surface area contributed by atoms with Gasteiger partial charge in [0.1, 0.15) is 5.82 Å². The van der Waals surface area contributed by atoms with Gasteiger partial charge in [-0.05, 0) is 6.92 Å². The van der Waals surface area contributed by atoms with Crippen molar-refractivity contribution >= 4 is 5.57 Å². The third-order valence-electron chi connectivity index (χ3n) is 2.18. The Kier molecular flexibility index (Phi) is 3.63. The smallest absolute Gasteiger partial charge is 0.135 e. The first-order chi connectivity index (χ1) is 7.11. The molecule has 0 unspecified atom stereocenters. The van der Waals surface area contributed by atoms with Crippen molar-refractivity contribution in [2.45, 2.75) is 13.5 Å². The van der Waals surface area contributed by atoms with Gasteiger partial charge in [0.05, 0.1) is 5.76 Å². The first-order valence-electron chi connectivity index (χ1n) is 4.62. The molecular formula is C12H14FNO. The highest BCUT2D eigenvalue weighted by Gasteiger charge is 2.10. The van der Waals surface area contributed by atoms with E-state index in [0.29, 0.717) is 16.7 Å². The lowest BCUT2D eigenvalue weighted by Gasteiger charge is -2.08. The lowest BCUT2D eigenvalue weighted by Crippen LogP contribution is -2.02. The van der Waals surface area contributed by atoms with Gasteiger partial charge >= 0.3 is 0 Å². The van der Waals surface area contributed by atoms with Gasteiger partial charge in [-0.25, -0.2) is 4.39 Å². The third-order valence-corrected chi connectivity index (χ3v) is 2.18. The minimum absolute atomic E-state index is 0.0399. The molecule has 0 aliphatic rings. The fourth-order valence-electron chi connectivity index (χ4n) is 1.40. The zero-order valence-corrected chi connectivity index (χ0v) is 8.63. The van der Waals surface area contributed by atoms with Crippen molar-refractivity contribution in [1.82, 2.24) is 0 Å². The maximum atomic E-state index is 13.8. The van der Waals surface area contributed by atoms with E-state index in [-0.39, 0.29) is 12.3 Å². The lowest BCUT2D eigenvalue weighted by atomic mass is 10.0. The van der Waals surface area contributed by atoms with E-state index >= 15 is 0 Å². The summed E-state index contributed by atoms with van der Waals surface area (Å²) in [6.45, 7) is 5.16. The standard InChI is InChI=1S/C12H14FNO/c1-3-10(8(2)15)11-6-4-5-9(7-14)12(11)13/h3-6,15H,1,7,14H2,2H3/b10-8-. The summed E-state index contributed by atoms with van der Waals surface area (Å²) in [4.78, 5) is 0. The Balaban J connectivity index is 3.38. The molecule has 2 nitrogen and oxygen atoms in total. The minimum Gasteiger partial charge on any atom is -0.512 e. The van der Waals surface area contributed by atoms with Crippen LogP contribution in [0.5, 0.6) is 0 Å². The number of hydrogen-bond donors (Lipinski definition) is 2. The molecule has 0 amide bonds. The Morgan fingerprint density at radius 3 is 2.73 bits per heavy atom. The van der Waals surface area contributed by atoms with Crippen molar-refractivity contribution in [3.05, 3.63) is 53.6 Å². The molecule has 0 heterocycles. The van der Waals surface area contributed by atoms with Gasteiger partial charge in [-0.1, -0.05) is 30.9 Å². The summed E-state index contributed by atoms with van der Waals surface area (Å²) in [5, 5.41) is 9.36. The molecule has 80 valence electrons. The van der Waals surface area contributed by atoms with Crippen molar-refractivity contribution in [3.8, 4) is 0 Å². The van der Waals surface area contributed by atoms with Gasteiger partial charge in [-0.2, -0.15) is 0 Å². The van der Waals surface area contributed by atoms with Gasteiger partial charge in [0.15, 0.2) is 0 Å². The molecule has 1 aromatic carbocycles. The number of aliphatic hydroxyl groups excluding tert-OH is 1. The molecule has 1 aromatic rings. The summed E-state index contributed by atoms with van der Waals surface area (Å²) in [6.07, 6.45) is 1.42. The Labute approximate surface area is 88.5 Å². The number of nitrogens with two attached hydrogens (primary N) is 1. The quantitative estimate of drug-likeness (QED) is 0.591. The van der Waals surface area contributed by atoms with Gasteiger partial charge < -0.3 is 10.8 Å². The van der Waals surface area contributed by atoms with E-state index in [9.17, 15) is 9.50 Å². The predicted octanol–water partition coefficient (Wildman–Crippen LogP) is 2.76. The zero-order valence-electron chi connectivity index (χ0n) is 8.63. The van der Waals surface area contributed by atoms with Crippen LogP contribution < -0.4 is 5.73 Å². The fraction of sp³-hybridized carbons (Fsp3) is 0.167. The summed E-state index contributed by atoms with van der Waals surface area (Å²) in [5.41, 5.74) is 6.54. The zero-order chi connectivity index (χ0) is 11.4. The second-order valence-corrected chi connectivity index (χ2v) is 3.19. The molecule has 0 bridgehead atoms. The number of hydrogen-bond acceptors (Lipinski definition) is 2. The Morgan fingerprint density at radius 1 is 1.60 bits per heavy atom. The Morgan fingerprint density at radius 2 is 2.27 bits per heavy atom. The highest BCUT2D eigenvalue weighted by Crippen LogP contribution is 2.23. The number of halogens is 1. The highest BCUT2D eigenvalue weighted by molar-refractivity contribution is 5.75. The van der Waals surface area contributed by atoms with Gasteiger partial charge in [-0.15, -0.1) is 0 Å². The van der Waals surface area contributed by atoms with Crippen LogP contribution in [0.25, 0.3) is 5.57 Å². The molecular weight excluding hydrogens is 193 g/mol. The number of aliphatic hydroxyl groups is 1. The maximum absolute atomic E-state index is 13.8. The summed E-state index contributed by atoms with van der Waals surface area (Å²) in [7, 11) is 0. The molecule has 0 aromatic heterocycles. The predicted molar refractivity (Wildman–Crippen MR) is 59.7 cm³/mol. The van der Waals surface area contributed by atoms with Crippen LogP contribution in [0.15, 0.2) is 36.6 Å². The first kappa shape index (κ1) is 11.5. The van der Waals surface area contributed by atoms with E-state index in [1.165, 1.54) is 13.0 Å². The third kappa shape index (κ3) is 2.25. The van der Waals surface area contributed by atoms with Crippen molar-refractivity contribution in [3.63, 3.8) is 0 Å². The molecule has 0 saturated heterocycles. The van der Waals surface area contributed by atoms with Crippen molar-refractivity contribution in [2.75, 3.05) is 0 Å². The second-order valence-electron chi connectivity index (χ2n) is 3.19. The van der Waals surface area contributed by atoms with E-state index in [4.69, 9.17) is 5.73 Å². The Bertz CT molecular complexity index is 406. The largest absolute Gasteiger partial charge is 0.512 e.